The van der Waals surface area contributed by atoms with Gasteiger partial charge in [0.05, 0.1) is 25.2 Å². The van der Waals surface area contributed by atoms with Crippen molar-refractivity contribution in [2.75, 3.05) is 40.0 Å². The highest BCUT2D eigenvalue weighted by Gasteiger charge is 2.34. The molecule has 1 aliphatic heterocycles. The van der Waals surface area contributed by atoms with Gasteiger partial charge in [0.2, 0.25) is 5.91 Å². The van der Waals surface area contributed by atoms with Gasteiger partial charge in [-0.1, -0.05) is 67.8 Å². The molecule has 2 rings (SSSR count). The Bertz CT molecular complexity index is 932. The summed E-state index contributed by atoms with van der Waals surface area (Å²) in [6, 6.07) is 4.21. The van der Waals surface area contributed by atoms with E-state index in [1.807, 2.05) is 0 Å². The van der Waals surface area contributed by atoms with Gasteiger partial charge in [-0.3, -0.25) is 19.7 Å². The van der Waals surface area contributed by atoms with Gasteiger partial charge in [0.1, 0.15) is 18.4 Å². The molecule has 0 radical (unpaired) electrons. The Morgan fingerprint density at radius 3 is 2.53 bits per heavy atom. The molecule has 1 aromatic rings. The lowest BCUT2D eigenvalue weighted by molar-refractivity contribution is -0.147. The molecule has 0 aromatic heterocycles. The first-order chi connectivity index (χ1) is 18.4. The first-order valence-corrected chi connectivity index (χ1v) is 14.5. The summed E-state index contributed by atoms with van der Waals surface area (Å²) in [6.07, 6.45) is 9.04. The number of unbranched alkanes of at least 4 members (excludes halogenated alkanes) is 7. The number of hydrogen-bond acceptors (Lipinski definition) is 7. The van der Waals surface area contributed by atoms with Crippen molar-refractivity contribution in [2.45, 2.75) is 70.8 Å². The summed E-state index contributed by atoms with van der Waals surface area (Å²) in [4.78, 5) is 39.7. The topological polar surface area (TPSA) is 106 Å². The first-order valence-electron chi connectivity index (χ1n) is 13.3. The molecule has 38 heavy (non-hydrogen) atoms. The lowest BCUT2D eigenvalue weighted by Crippen LogP contribution is -2.60. The van der Waals surface area contributed by atoms with Crippen molar-refractivity contribution < 1.29 is 28.6 Å². The molecule has 1 aliphatic rings. The fourth-order valence-electron chi connectivity index (χ4n) is 4.08. The summed E-state index contributed by atoms with van der Waals surface area (Å²) in [5, 5.41) is 5.51. The normalized spacial score (nSPS) is 15.1. The smallest absolute Gasteiger partial charge is 0.308 e. The van der Waals surface area contributed by atoms with Gasteiger partial charge in [0, 0.05) is 24.7 Å². The Hall–Kier alpha value is -2.24. The zero-order chi connectivity index (χ0) is 27.8. The van der Waals surface area contributed by atoms with Gasteiger partial charge in [-0.05, 0) is 36.8 Å². The second kappa shape index (κ2) is 18.1. The van der Waals surface area contributed by atoms with E-state index < -0.39 is 17.9 Å². The number of benzene rings is 1. The molecule has 1 aromatic carbocycles. The van der Waals surface area contributed by atoms with Crippen LogP contribution < -0.4 is 15.4 Å². The van der Waals surface area contributed by atoms with E-state index in [9.17, 15) is 14.4 Å². The summed E-state index contributed by atoms with van der Waals surface area (Å²) >= 11 is 8.85. The van der Waals surface area contributed by atoms with Gasteiger partial charge < -0.3 is 24.4 Å². The lowest BCUT2D eigenvalue weighted by atomic mass is 10.1. The van der Waals surface area contributed by atoms with Gasteiger partial charge in [-0.25, -0.2) is 0 Å². The number of hydrogen-bond donors (Lipinski definition) is 2. The van der Waals surface area contributed by atoms with E-state index in [0.717, 1.165) is 19.3 Å². The maximum Gasteiger partial charge on any atom is 0.308 e. The van der Waals surface area contributed by atoms with E-state index in [0.29, 0.717) is 36.5 Å². The van der Waals surface area contributed by atoms with Crippen LogP contribution >= 0.6 is 28.1 Å². The lowest BCUT2D eigenvalue weighted by Gasteiger charge is -2.36. The van der Waals surface area contributed by atoms with E-state index >= 15 is 0 Å². The molecule has 1 unspecified atom stereocenters. The molecule has 11 heteroatoms. The second-order valence-electron chi connectivity index (χ2n) is 9.14. The SMILES string of the molecule is CCCCCCCCCCOC(=O)CC1C(=O)NCCN1C(=S)NC(=O)c1cc(Br)ccc1OCCOC. The molecule has 0 saturated carbocycles. The Balaban J connectivity index is 1.88. The highest BCUT2D eigenvalue weighted by molar-refractivity contribution is 9.10. The third-order valence-corrected chi connectivity index (χ3v) is 6.99. The summed E-state index contributed by atoms with van der Waals surface area (Å²) in [6.45, 7) is 3.89. The van der Waals surface area contributed by atoms with Crippen LogP contribution in [0.15, 0.2) is 22.7 Å². The number of nitrogens with one attached hydrogen (secondary N) is 2. The Labute approximate surface area is 239 Å². The monoisotopic (exact) mass is 613 g/mol. The Morgan fingerprint density at radius 1 is 1.11 bits per heavy atom. The number of rotatable bonds is 16. The molecule has 9 nitrogen and oxygen atoms in total. The number of amides is 2. The van der Waals surface area contributed by atoms with Crippen LogP contribution in [0.25, 0.3) is 0 Å². The molecule has 1 heterocycles. The molecule has 0 spiro atoms. The van der Waals surface area contributed by atoms with Crippen molar-refractivity contribution in [3.63, 3.8) is 0 Å². The maximum absolute atomic E-state index is 13.1. The van der Waals surface area contributed by atoms with Crippen molar-refractivity contribution >= 4 is 51.0 Å². The molecule has 1 atom stereocenters. The zero-order valence-corrected chi connectivity index (χ0v) is 24.8. The van der Waals surface area contributed by atoms with Gasteiger partial charge in [-0.2, -0.15) is 0 Å². The van der Waals surface area contributed by atoms with Crippen molar-refractivity contribution in [2.24, 2.45) is 0 Å². The molecule has 212 valence electrons. The first kappa shape index (κ1) is 32.0. The van der Waals surface area contributed by atoms with E-state index in [1.54, 1.807) is 30.2 Å². The number of esters is 1. The quantitative estimate of drug-likeness (QED) is 0.161. The summed E-state index contributed by atoms with van der Waals surface area (Å²) < 4.78 is 16.8. The molecular weight excluding hydrogens is 574 g/mol. The van der Waals surface area contributed by atoms with Crippen LogP contribution in [0.2, 0.25) is 0 Å². The molecular formula is C27H40BrN3O6S. The number of methoxy groups -OCH3 is 1. The standard InChI is InChI=1S/C27H40BrN3O6S/c1-3-4-5-6-7-8-9-10-15-37-24(32)19-22-26(34)29-13-14-31(22)27(38)30-25(33)21-18-20(28)11-12-23(21)36-17-16-35-2/h11-12,18,22H,3-10,13-17,19H2,1-2H3,(H,29,34)(H,30,33,38). The van der Waals surface area contributed by atoms with Gasteiger partial charge in [0.15, 0.2) is 5.11 Å². The summed E-state index contributed by atoms with van der Waals surface area (Å²) in [5.41, 5.74) is 0.278. The van der Waals surface area contributed by atoms with Crippen molar-refractivity contribution in [3.8, 4) is 5.75 Å². The highest BCUT2D eigenvalue weighted by atomic mass is 79.9. The molecule has 2 amide bonds. The van der Waals surface area contributed by atoms with E-state index in [-0.39, 0.29) is 29.6 Å². The number of piperazine rings is 1. The summed E-state index contributed by atoms with van der Waals surface area (Å²) in [7, 11) is 1.56. The predicted molar refractivity (Wildman–Crippen MR) is 153 cm³/mol. The van der Waals surface area contributed by atoms with Crippen molar-refractivity contribution in [1.82, 2.24) is 15.5 Å². The van der Waals surface area contributed by atoms with Crippen molar-refractivity contribution in [1.29, 1.82) is 0 Å². The van der Waals surface area contributed by atoms with Crippen LogP contribution in [0.1, 0.15) is 75.1 Å². The number of thiocarbonyl (C=S) groups is 1. The maximum atomic E-state index is 13.1. The molecule has 1 fully saturated rings. The van der Waals surface area contributed by atoms with Gasteiger partial charge in [0.25, 0.3) is 5.91 Å². The van der Waals surface area contributed by atoms with Crippen LogP contribution in [-0.2, 0) is 19.1 Å². The minimum atomic E-state index is -0.859. The molecule has 0 bridgehead atoms. The van der Waals surface area contributed by atoms with Crippen LogP contribution in [0, 0.1) is 0 Å². The van der Waals surface area contributed by atoms with Gasteiger partial charge in [-0.15, -0.1) is 0 Å². The number of carbonyl (C=O) groups excluding carboxylic acids is 3. The molecule has 0 aliphatic carbocycles. The molecule has 2 N–H and O–H groups in total. The predicted octanol–water partition coefficient (Wildman–Crippen LogP) is 4.36. The number of halogens is 1. The fraction of sp³-hybridized carbons (Fsp3) is 0.630. The Kier molecular flexibility index (Phi) is 15.2. The largest absolute Gasteiger partial charge is 0.490 e. The zero-order valence-electron chi connectivity index (χ0n) is 22.4. The van der Waals surface area contributed by atoms with Crippen molar-refractivity contribution in [3.05, 3.63) is 28.2 Å². The highest BCUT2D eigenvalue weighted by Crippen LogP contribution is 2.23. The number of nitrogens with zero attached hydrogens (tertiary/aromatic N) is 1. The van der Waals surface area contributed by atoms with E-state index in [2.05, 4.69) is 33.5 Å². The fourth-order valence-corrected chi connectivity index (χ4v) is 4.75. The van der Waals surface area contributed by atoms with Gasteiger partial charge >= 0.3 is 5.97 Å². The second-order valence-corrected chi connectivity index (χ2v) is 10.4. The van der Waals surface area contributed by atoms with Crippen LogP contribution in [0.3, 0.4) is 0 Å². The van der Waals surface area contributed by atoms with Crippen LogP contribution in [0.5, 0.6) is 5.75 Å². The third-order valence-electron chi connectivity index (χ3n) is 6.16. The van der Waals surface area contributed by atoms with E-state index in [4.69, 9.17) is 26.4 Å². The number of ether oxygens (including phenoxy) is 3. The van der Waals surface area contributed by atoms with E-state index in [1.165, 1.54) is 32.1 Å². The molecule has 1 saturated heterocycles. The number of carbonyl (C=O) groups is 3. The minimum absolute atomic E-state index is 0.0635. The summed E-state index contributed by atoms with van der Waals surface area (Å²) in [5.74, 6) is -0.897. The average molecular weight is 615 g/mol. The van der Waals surface area contributed by atoms with Crippen LogP contribution in [-0.4, -0.2) is 73.9 Å². The Morgan fingerprint density at radius 2 is 1.82 bits per heavy atom. The average Bonchev–Trinajstić information content (AvgIpc) is 2.89. The van der Waals surface area contributed by atoms with Crippen LogP contribution in [0.4, 0.5) is 0 Å². The minimum Gasteiger partial charge on any atom is -0.490 e. The third kappa shape index (κ3) is 11.2.